The summed E-state index contributed by atoms with van der Waals surface area (Å²) >= 11 is 0. The van der Waals surface area contributed by atoms with Crippen LogP contribution in [0.5, 0.6) is 0 Å². The molecule has 1 aliphatic heterocycles. The van der Waals surface area contributed by atoms with Crippen LogP contribution >= 0.6 is 0 Å². The van der Waals surface area contributed by atoms with Crippen molar-refractivity contribution >= 4 is 12.0 Å². The Hall–Kier alpha value is -1.30. The van der Waals surface area contributed by atoms with Crippen molar-refractivity contribution in [3.63, 3.8) is 0 Å². The van der Waals surface area contributed by atoms with Gasteiger partial charge in [-0.2, -0.15) is 0 Å². The average Bonchev–Trinajstić information content (AvgIpc) is 3.11. The van der Waals surface area contributed by atoms with Gasteiger partial charge >= 0.3 is 6.09 Å². The molecule has 2 fully saturated rings. The fourth-order valence-electron chi connectivity index (χ4n) is 2.98. The summed E-state index contributed by atoms with van der Waals surface area (Å²) in [6, 6.07) is 0.0456. The van der Waals surface area contributed by atoms with E-state index >= 15 is 0 Å². The van der Waals surface area contributed by atoms with Crippen LogP contribution in [0.15, 0.2) is 0 Å². The molecule has 1 aliphatic carbocycles. The Labute approximate surface area is 113 Å². The molecule has 1 heterocycles. The molecule has 6 nitrogen and oxygen atoms in total. The lowest BCUT2D eigenvalue weighted by Crippen LogP contribution is -2.52. The number of amides is 2. The van der Waals surface area contributed by atoms with Gasteiger partial charge in [-0.15, -0.1) is 0 Å². The first-order valence-electron chi connectivity index (χ1n) is 6.92. The van der Waals surface area contributed by atoms with Crippen molar-refractivity contribution in [1.82, 2.24) is 10.2 Å². The summed E-state index contributed by atoms with van der Waals surface area (Å²) in [7, 11) is 1.36. The minimum atomic E-state index is -0.406. The second kappa shape index (κ2) is 6.23. The Morgan fingerprint density at radius 1 is 1.32 bits per heavy atom. The third-order valence-electron chi connectivity index (χ3n) is 3.86. The maximum absolute atomic E-state index is 11.3. The third kappa shape index (κ3) is 4.70. The van der Waals surface area contributed by atoms with Crippen molar-refractivity contribution in [2.24, 2.45) is 17.6 Å². The zero-order valence-corrected chi connectivity index (χ0v) is 11.4. The summed E-state index contributed by atoms with van der Waals surface area (Å²) in [4.78, 5) is 24.4. The highest BCUT2D eigenvalue weighted by Crippen LogP contribution is 2.37. The van der Waals surface area contributed by atoms with Gasteiger partial charge in [0, 0.05) is 19.1 Å². The van der Waals surface area contributed by atoms with Crippen LogP contribution in [0, 0.1) is 11.8 Å². The van der Waals surface area contributed by atoms with Crippen LogP contribution in [0.3, 0.4) is 0 Å². The van der Waals surface area contributed by atoms with Crippen molar-refractivity contribution in [2.75, 3.05) is 26.7 Å². The minimum Gasteiger partial charge on any atom is -0.453 e. The van der Waals surface area contributed by atoms with Gasteiger partial charge in [-0.25, -0.2) is 4.79 Å². The number of carbonyl (C=O) groups is 2. The topological polar surface area (TPSA) is 84.7 Å². The van der Waals surface area contributed by atoms with E-state index in [9.17, 15) is 9.59 Å². The number of methoxy groups -OCH3 is 1. The number of primary amides is 1. The molecule has 2 unspecified atom stereocenters. The lowest BCUT2D eigenvalue weighted by Gasteiger charge is -2.37. The molecule has 1 saturated carbocycles. The maximum atomic E-state index is 11.3. The number of alkyl carbamates (subject to hydrolysis) is 1. The molecule has 0 bridgehead atoms. The zero-order valence-electron chi connectivity index (χ0n) is 11.4. The highest BCUT2D eigenvalue weighted by atomic mass is 16.5. The van der Waals surface area contributed by atoms with E-state index in [4.69, 9.17) is 5.73 Å². The Balaban J connectivity index is 1.89. The number of nitrogens with two attached hydrogens (primary N) is 1. The van der Waals surface area contributed by atoms with Crippen LogP contribution < -0.4 is 11.1 Å². The van der Waals surface area contributed by atoms with Crippen molar-refractivity contribution < 1.29 is 14.3 Å². The second-order valence-electron chi connectivity index (χ2n) is 5.77. The van der Waals surface area contributed by atoms with Crippen LogP contribution in [-0.2, 0) is 9.53 Å². The van der Waals surface area contributed by atoms with Gasteiger partial charge in [-0.05, 0) is 24.7 Å². The normalized spacial score (nSPS) is 27.8. The number of piperidine rings is 1. The number of likely N-dealkylation sites (tertiary alicyclic amines) is 1. The van der Waals surface area contributed by atoms with Crippen molar-refractivity contribution in [1.29, 1.82) is 0 Å². The molecule has 0 spiro atoms. The number of nitrogens with zero attached hydrogens (tertiary/aromatic N) is 1. The molecule has 2 atom stereocenters. The predicted molar refractivity (Wildman–Crippen MR) is 70.4 cm³/mol. The molecule has 19 heavy (non-hydrogen) atoms. The summed E-state index contributed by atoms with van der Waals surface area (Å²) in [5, 5.41) is 2.84. The van der Waals surface area contributed by atoms with Crippen molar-refractivity contribution in [3.8, 4) is 0 Å². The average molecular weight is 269 g/mol. The molecule has 0 radical (unpaired) electrons. The first-order valence-corrected chi connectivity index (χ1v) is 6.92. The van der Waals surface area contributed by atoms with Crippen molar-refractivity contribution in [2.45, 2.75) is 31.7 Å². The fourth-order valence-corrected chi connectivity index (χ4v) is 2.98. The van der Waals surface area contributed by atoms with E-state index in [0.717, 1.165) is 18.9 Å². The van der Waals surface area contributed by atoms with Crippen LogP contribution in [0.4, 0.5) is 4.79 Å². The number of hydrogen-bond donors (Lipinski definition) is 2. The molecule has 2 rings (SSSR count). The van der Waals surface area contributed by atoms with Crippen molar-refractivity contribution in [3.05, 3.63) is 0 Å². The zero-order chi connectivity index (χ0) is 13.8. The summed E-state index contributed by atoms with van der Waals surface area (Å²) in [6.07, 6.45) is 4.38. The standard InChI is InChI=1S/C13H23N3O3/c1-19-13(18)15-11-5-10(4-9-2-3-9)6-16(7-11)8-12(14)17/h9-11H,2-8H2,1H3,(H2,14,17)(H,15,18). The molecule has 2 aliphatic rings. The summed E-state index contributed by atoms with van der Waals surface area (Å²) < 4.78 is 4.64. The van der Waals surface area contributed by atoms with Gasteiger partial charge in [0.15, 0.2) is 0 Å². The molecule has 3 N–H and O–H groups in total. The van der Waals surface area contributed by atoms with E-state index in [0.29, 0.717) is 12.5 Å². The second-order valence-corrected chi connectivity index (χ2v) is 5.77. The van der Waals surface area contributed by atoms with Gasteiger partial charge in [-0.1, -0.05) is 12.8 Å². The molecule has 0 aromatic carbocycles. The Morgan fingerprint density at radius 2 is 2.05 bits per heavy atom. The smallest absolute Gasteiger partial charge is 0.407 e. The molecule has 0 aromatic heterocycles. The van der Waals surface area contributed by atoms with Crippen LogP contribution in [0.2, 0.25) is 0 Å². The van der Waals surface area contributed by atoms with E-state index in [1.807, 2.05) is 4.90 Å². The summed E-state index contributed by atoms with van der Waals surface area (Å²) in [5.41, 5.74) is 5.26. The van der Waals surface area contributed by atoms with E-state index in [-0.39, 0.29) is 18.5 Å². The highest BCUT2D eigenvalue weighted by molar-refractivity contribution is 5.76. The van der Waals surface area contributed by atoms with Gasteiger partial charge in [0.05, 0.1) is 13.7 Å². The molecular formula is C13H23N3O3. The van der Waals surface area contributed by atoms with E-state index in [1.54, 1.807) is 0 Å². The van der Waals surface area contributed by atoms with Gasteiger partial charge < -0.3 is 15.8 Å². The Bertz CT molecular complexity index is 344. The van der Waals surface area contributed by atoms with E-state index < -0.39 is 6.09 Å². The number of rotatable bonds is 5. The Kier molecular flexibility index (Phi) is 4.63. The van der Waals surface area contributed by atoms with Crippen LogP contribution in [0.25, 0.3) is 0 Å². The number of ether oxygens (including phenoxy) is 1. The molecule has 108 valence electrons. The number of hydrogen-bond acceptors (Lipinski definition) is 4. The molecule has 6 heteroatoms. The first kappa shape index (κ1) is 14.1. The summed E-state index contributed by atoms with van der Waals surface area (Å²) in [5.74, 6) is 1.06. The third-order valence-corrected chi connectivity index (χ3v) is 3.86. The number of nitrogens with one attached hydrogen (secondary N) is 1. The Morgan fingerprint density at radius 3 is 2.63 bits per heavy atom. The van der Waals surface area contributed by atoms with Crippen LogP contribution in [0.1, 0.15) is 25.7 Å². The first-order chi connectivity index (χ1) is 9.06. The van der Waals surface area contributed by atoms with Gasteiger partial charge in [0.25, 0.3) is 0 Å². The van der Waals surface area contributed by atoms with Gasteiger partial charge in [0.2, 0.25) is 5.91 Å². The van der Waals surface area contributed by atoms with E-state index in [2.05, 4.69) is 10.1 Å². The molecule has 1 saturated heterocycles. The summed E-state index contributed by atoms with van der Waals surface area (Å²) in [6.45, 7) is 1.83. The monoisotopic (exact) mass is 269 g/mol. The number of carbonyl (C=O) groups excluding carboxylic acids is 2. The minimum absolute atomic E-state index is 0.0456. The van der Waals surface area contributed by atoms with E-state index in [1.165, 1.54) is 26.4 Å². The predicted octanol–water partition coefficient (Wildman–Crippen LogP) is 0.318. The highest BCUT2D eigenvalue weighted by Gasteiger charge is 2.33. The maximum Gasteiger partial charge on any atom is 0.407 e. The largest absolute Gasteiger partial charge is 0.453 e. The lowest BCUT2D eigenvalue weighted by molar-refractivity contribution is -0.119. The quantitative estimate of drug-likeness (QED) is 0.752. The van der Waals surface area contributed by atoms with Crippen LogP contribution in [-0.4, -0.2) is 49.7 Å². The molecular weight excluding hydrogens is 246 g/mol. The lowest BCUT2D eigenvalue weighted by atomic mass is 9.89. The SMILES string of the molecule is COC(=O)NC1CC(CC2CC2)CN(CC(N)=O)C1. The van der Waals surface area contributed by atoms with Gasteiger partial charge in [0.1, 0.15) is 0 Å². The fraction of sp³-hybridized carbons (Fsp3) is 0.846. The van der Waals surface area contributed by atoms with Gasteiger partial charge in [-0.3, -0.25) is 9.69 Å². The molecule has 2 amide bonds. The molecule has 0 aromatic rings.